The summed E-state index contributed by atoms with van der Waals surface area (Å²) in [7, 11) is 0. The standard InChI is InChI=1S/C15H24O/c1-11(10-16)5-4-6-13(3)15-8-7-12(2)14(15)9-15/h5,13-14,16H,2,4,6-10H2,1,3H3/b11-5-/t13-,14+,15+/m1/s1. The van der Waals surface area contributed by atoms with Crippen molar-refractivity contribution in [3.05, 3.63) is 23.8 Å². The summed E-state index contributed by atoms with van der Waals surface area (Å²) in [6.45, 7) is 8.79. The number of hydrogen-bond acceptors (Lipinski definition) is 1. The number of rotatable bonds is 5. The zero-order valence-electron chi connectivity index (χ0n) is 10.6. The first-order valence-corrected chi connectivity index (χ1v) is 6.54. The van der Waals surface area contributed by atoms with Crippen LogP contribution in [0.2, 0.25) is 0 Å². The quantitative estimate of drug-likeness (QED) is 0.700. The van der Waals surface area contributed by atoms with Gasteiger partial charge in [0.15, 0.2) is 0 Å². The molecule has 0 aliphatic heterocycles. The molecule has 0 amide bonds. The van der Waals surface area contributed by atoms with Crippen LogP contribution < -0.4 is 0 Å². The summed E-state index contributed by atoms with van der Waals surface area (Å²) in [6.07, 6.45) is 8.61. The van der Waals surface area contributed by atoms with E-state index in [4.69, 9.17) is 5.11 Å². The SMILES string of the molecule is C=C1CC[C@@]2([C@H](C)CC/C=C(/C)CO)C[C@@H]12. The summed E-state index contributed by atoms with van der Waals surface area (Å²) in [5, 5.41) is 8.93. The first-order valence-electron chi connectivity index (χ1n) is 6.54. The van der Waals surface area contributed by atoms with Crippen LogP contribution in [0.25, 0.3) is 0 Å². The lowest BCUT2D eigenvalue weighted by Gasteiger charge is -2.20. The Morgan fingerprint density at radius 1 is 1.69 bits per heavy atom. The van der Waals surface area contributed by atoms with Gasteiger partial charge < -0.3 is 5.11 Å². The van der Waals surface area contributed by atoms with E-state index < -0.39 is 0 Å². The number of allylic oxidation sites excluding steroid dienone is 2. The first kappa shape index (κ1) is 11.9. The van der Waals surface area contributed by atoms with Crippen LogP contribution in [0.3, 0.4) is 0 Å². The van der Waals surface area contributed by atoms with E-state index >= 15 is 0 Å². The maximum atomic E-state index is 8.93. The van der Waals surface area contributed by atoms with Crippen molar-refractivity contribution in [2.24, 2.45) is 17.3 Å². The third-order valence-corrected chi connectivity index (χ3v) is 4.85. The van der Waals surface area contributed by atoms with Crippen molar-refractivity contribution in [2.45, 2.75) is 46.0 Å². The van der Waals surface area contributed by atoms with Gasteiger partial charge in [-0.25, -0.2) is 0 Å². The van der Waals surface area contributed by atoms with Crippen LogP contribution >= 0.6 is 0 Å². The highest BCUT2D eigenvalue weighted by molar-refractivity contribution is 5.26. The van der Waals surface area contributed by atoms with Gasteiger partial charge in [-0.15, -0.1) is 0 Å². The van der Waals surface area contributed by atoms with Gasteiger partial charge >= 0.3 is 0 Å². The average Bonchev–Trinajstić information content (AvgIpc) is 2.94. The fourth-order valence-electron chi connectivity index (χ4n) is 3.44. The molecule has 0 heterocycles. The van der Waals surface area contributed by atoms with E-state index in [9.17, 15) is 0 Å². The summed E-state index contributed by atoms with van der Waals surface area (Å²) in [5.74, 6) is 1.67. The molecule has 2 rings (SSSR count). The minimum absolute atomic E-state index is 0.207. The Hall–Kier alpha value is -0.560. The van der Waals surface area contributed by atoms with Gasteiger partial charge in [0, 0.05) is 0 Å². The van der Waals surface area contributed by atoms with Gasteiger partial charge in [-0.1, -0.05) is 30.7 Å². The van der Waals surface area contributed by atoms with Gasteiger partial charge in [0.2, 0.25) is 0 Å². The lowest BCUT2D eigenvalue weighted by Crippen LogP contribution is -2.11. The van der Waals surface area contributed by atoms with Crippen molar-refractivity contribution in [2.75, 3.05) is 6.61 Å². The average molecular weight is 220 g/mol. The van der Waals surface area contributed by atoms with Crippen molar-refractivity contribution in [3.8, 4) is 0 Å². The molecule has 90 valence electrons. The zero-order valence-corrected chi connectivity index (χ0v) is 10.6. The van der Waals surface area contributed by atoms with Crippen LogP contribution in [0, 0.1) is 17.3 Å². The Labute approximate surface area is 99.3 Å². The number of aliphatic hydroxyl groups is 1. The van der Waals surface area contributed by atoms with E-state index in [0.717, 1.165) is 23.8 Å². The topological polar surface area (TPSA) is 20.2 Å². The fraction of sp³-hybridized carbons (Fsp3) is 0.733. The van der Waals surface area contributed by atoms with E-state index in [0.29, 0.717) is 5.41 Å². The number of fused-ring (bicyclic) bond motifs is 1. The molecule has 0 saturated heterocycles. The second kappa shape index (κ2) is 4.37. The van der Waals surface area contributed by atoms with E-state index in [1.54, 1.807) is 0 Å². The molecule has 2 aliphatic rings. The van der Waals surface area contributed by atoms with Crippen LogP contribution in [0.4, 0.5) is 0 Å². The number of aliphatic hydroxyl groups excluding tert-OH is 1. The Morgan fingerprint density at radius 2 is 2.44 bits per heavy atom. The van der Waals surface area contributed by atoms with Crippen LogP contribution in [0.1, 0.15) is 46.0 Å². The molecule has 2 saturated carbocycles. The van der Waals surface area contributed by atoms with Crippen LogP contribution in [-0.4, -0.2) is 11.7 Å². The highest BCUT2D eigenvalue weighted by Crippen LogP contribution is 2.69. The van der Waals surface area contributed by atoms with Crippen LogP contribution in [0.15, 0.2) is 23.8 Å². The molecule has 2 fully saturated rings. The lowest BCUT2D eigenvalue weighted by atomic mass is 9.85. The van der Waals surface area contributed by atoms with E-state index in [2.05, 4.69) is 19.6 Å². The van der Waals surface area contributed by atoms with Gasteiger partial charge in [-0.2, -0.15) is 0 Å². The molecule has 0 spiro atoms. The van der Waals surface area contributed by atoms with Crippen molar-refractivity contribution in [1.82, 2.24) is 0 Å². The molecule has 16 heavy (non-hydrogen) atoms. The minimum Gasteiger partial charge on any atom is -0.392 e. The minimum atomic E-state index is 0.207. The highest BCUT2D eigenvalue weighted by atomic mass is 16.3. The monoisotopic (exact) mass is 220 g/mol. The molecule has 2 aliphatic carbocycles. The van der Waals surface area contributed by atoms with Crippen molar-refractivity contribution >= 4 is 0 Å². The Bertz CT molecular complexity index is 315. The third-order valence-electron chi connectivity index (χ3n) is 4.85. The molecular formula is C15H24O. The highest BCUT2D eigenvalue weighted by Gasteiger charge is 2.60. The van der Waals surface area contributed by atoms with Crippen LogP contribution in [-0.2, 0) is 0 Å². The second-order valence-electron chi connectivity index (χ2n) is 5.84. The van der Waals surface area contributed by atoms with Crippen molar-refractivity contribution in [3.63, 3.8) is 0 Å². The van der Waals surface area contributed by atoms with Crippen LogP contribution in [0.5, 0.6) is 0 Å². The third kappa shape index (κ3) is 1.98. The second-order valence-corrected chi connectivity index (χ2v) is 5.84. The Balaban J connectivity index is 1.82. The summed E-state index contributed by atoms with van der Waals surface area (Å²) in [6, 6.07) is 0. The van der Waals surface area contributed by atoms with E-state index in [-0.39, 0.29) is 6.61 Å². The molecule has 0 bridgehead atoms. The normalized spacial score (nSPS) is 35.1. The van der Waals surface area contributed by atoms with Gasteiger partial charge in [0.05, 0.1) is 6.61 Å². The van der Waals surface area contributed by atoms with E-state index in [1.165, 1.54) is 31.3 Å². The predicted molar refractivity (Wildman–Crippen MR) is 68.2 cm³/mol. The fourth-order valence-corrected chi connectivity index (χ4v) is 3.44. The molecule has 3 atom stereocenters. The van der Waals surface area contributed by atoms with E-state index in [1.807, 2.05) is 6.92 Å². The molecule has 0 radical (unpaired) electrons. The van der Waals surface area contributed by atoms with Gasteiger partial charge in [-0.3, -0.25) is 0 Å². The van der Waals surface area contributed by atoms with Crippen molar-refractivity contribution in [1.29, 1.82) is 0 Å². The molecule has 0 aromatic heterocycles. The Morgan fingerprint density at radius 3 is 2.94 bits per heavy atom. The molecule has 1 heteroatoms. The van der Waals surface area contributed by atoms with Crippen molar-refractivity contribution < 1.29 is 5.11 Å². The summed E-state index contributed by atoms with van der Waals surface area (Å²) >= 11 is 0. The largest absolute Gasteiger partial charge is 0.392 e. The zero-order chi connectivity index (χ0) is 11.8. The van der Waals surface area contributed by atoms with Gasteiger partial charge in [0.1, 0.15) is 0 Å². The van der Waals surface area contributed by atoms with Gasteiger partial charge in [0.25, 0.3) is 0 Å². The Kier molecular flexibility index (Phi) is 3.25. The molecule has 1 nitrogen and oxygen atoms in total. The van der Waals surface area contributed by atoms with Gasteiger partial charge in [-0.05, 0) is 56.3 Å². The molecule has 0 unspecified atom stereocenters. The number of hydrogen-bond donors (Lipinski definition) is 1. The maximum absolute atomic E-state index is 8.93. The smallest absolute Gasteiger partial charge is 0.0639 e. The molecule has 0 aromatic carbocycles. The molecule has 0 aromatic rings. The lowest BCUT2D eigenvalue weighted by molar-refractivity contribution is 0.300. The molecule has 1 N–H and O–H groups in total. The first-order chi connectivity index (χ1) is 7.60. The maximum Gasteiger partial charge on any atom is 0.0639 e. The summed E-state index contributed by atoms with van der Waals surface area (Å²) in [4.78, 5) is 0. The summed E-state index contributed by atoms with van der Waals surface area (Å²) < 4.78 is 0. The molecular weight excluding hydrogens is 196 g/mol. The summed E-state index contributed by atoms with van der Waals surface area (Å²) in [5.41, 5.74) is 3.25. The predicted octanol–water partition coefficient (Wildman–Crippen LogP) is 3.70.